The SMILES string of the molecule is CCCCN1CCCCC12OS(=O)(=O)O2. The Labute approximate surface area is 90.7 Å². The third-order valence-corrected chi connectivity index (χ3v) is 3.83. The van der Waals surface area contributed by atoms with Crippen molar-refractivity contribution in [1.82, 2.24) is 4.90 Å². The van der Waals surface area contributed by atoms with Crippen molar-refractivity contribution in [2.75, 3.05) is 13.1 Å². The first-order valence-electron chi connectivity index (χ1n) is 5.49. The third-order valence-electron chi connectivity index (χ3n) is 2.90. The fourth-order valence-corrected chi connectivity index (χ4v) is 3.15. The Morgan fingerprint density at radius 1 is 1.33 bits per heavy atom. The number of hydrogen-bond donors (Lipinski definition) is 0. The van der Waals surface area contributed by atoms with Crippen LogP contribution in [-0.2, 0) is 18.8 Å². The Hall–Kier alpha value is -0.170. The highest BCUT2D eigenvalue weighted by atomic mass is 32.3. The summed E-state index contributed by atoms with van der Waals surface area (Å²) in [6.07, 6.45) is 4.81. The van der Waals surface area contributed by atoms with E-state index >= 15 is 0 Å². The van der Waals surface area contributed by atoms with Crippen molar-refractivity contribution in [3.63, 3.8) is 0 Å². The molecule has 2 fully saturated rings. The van der Waals surface area contributed by atoms with E-state index in [1.807, 2.05) is 4.90 Å². The summed E-state index contributed by atoms with van der Waals surface area (Å²) in [5, 5.41) is 0. The standard InChI is InChI=1S/C9H17NO4S/c1-2-3-7-10-8-5-4-6-9(10)13-15(11,12)14-9/h2-8H2,1H3. The molecule has 2 heterocycles. The largest absolute Gasteiger partial charge is 0.407 e. The minimum Gasteiger partial charge on any atom is -0.250 e. The summed E-state index contributed by atoms with van der Waals surface area (Å²) in [5.74, 6) is -0.952. The summed E-state index contributed by atoms with van der Waals surface area (Å²) in [4.78, 5) is 2.00. The second-order valence-electron chi connectivity index (χ2n) is 4.09. The predicted octanol–water partition coefficient (Wildman–Crippen LogP) is 1.22. The van der Waals surface area contributed by atoms with E-state index in [4.69, 9.17) is 8.37 Å². The maximum absolute atomic E-state index is 10.9. The van der Waals surface area contributed by atoms with Gasteiger partial charge in [-0.2, -0.15) is 16.8 Å². The molecule has 0 atom stereocenters. The zero-order valence-electron chi connectivity index (χ0n) is 8.94. The highest BCUT2D eigenvalue weighted by Gasteiger charge is 2.56. The molecule has 2 aliphatic heterocycles. The van der Waals surface area contributed by atoms with Gasteiger partial charge >= 0.3 is 10.4 Å². The minimum absolute atomic E-state index is 0.649. The number of nitrogens with zero attached hydrogens (tertiary/aromatic N) is 1. The van der Waals surface area contributed by atoms with E-state index in [9.17, 15) is 8.42 Å². The second-order valence-corrected chi connectivity index (χ2v) is 5.24. The normalized spacial score (nSPS) is 28.9. The topological polar surface area (TPSA) is 55.8 Å². The molecule has 2 aliphatic rings. The molecule has 0 aromatic heterocycles. The van der Waals surface area contributed by atoms with E-state index in [0.29, 0.717) is 6.42 Å². The van der Waals surface area contributed by atoms with Gasteiger partial charge in [-0.1, -0.05) is 13.3 Å². The van der Waals surface area contributed by atoms with Crippen LogP contribution in [0.2, 0.25) is 0 Å². The van der Waals surface area contributed by atoms with E-state index in [0.717, 1.165) is 38.8 Å². The molecule has 0 amide bonds. The molecule has 0 unspecified atom stereocenters. The quantitative estimate of drug-likeness (QED) is 0.736. The van der Waals surface area contributed by atoms with Gasteiger partial charge in [0, 0.05) is 19.5 Å². The predicted molar refractivity (Wildman–Crippen MR) is 54.2 cm³/mol. The lowest BCUT2D eigenvalue weighted by Gasteiger charge is -2.49. The lowest BCUT2D eigenvalue weighted by atomic mass is 10.1. The van der Waals surface area contributed by atoms with Gasteiger partial charge in [-0.05, 0) is 19.3 Å². The Bertz CT molecular complexity index is 315. The summed E-state index contributed by atoms with van der Waals surface area (Å²) in [7, 11) is -3.69. The fourth-order valence-electron chi connectivity index (χ4n) is 2.12. The lowest BCUT2D eigenvalue weighted by molar-refractivity contribution is -0.294. The molecule has 1 spiro atoms. The van der Waals surface area contributed by atoms with Gasteiger partial charge in [-0.15, -0.1) is 0 Å². The number of likely N-dealkylation sites (tertiary alicyclic amines) is 1. The van der Waals surface area contributed by atoms with Gasteiger partial charge in [0.05, 0.1) is 0 Å². The van der Waals surface area contributed by atoms with Gasteiger partial charge < -0.3 is 0 Å². The Balaban J connectivity index is 2.01. The zero-order valence-corrected chi connectivity index (χ0v) is 9.75. The summed E-state index contributed by atoms with van der Waals surface area (Å²) in [5.41, 5.74) is 0. The molecule has 0 N–H and O–H groups in total. The molecule has 0 bridgehead atoms. The van der Waals surface area contributed by atoms with E-state index in [-0.39, 0.29) is 0 Å². The number of rotatable bonds is 3. The second kappa shape index (κ2) is 4.01. The minimum atomic E-state index is -3.69. The number of piperidine rings is 1. The van der Waals surface area contributed by atoms with Crippen molar-refractivity contribution in [2.24, 2.45) is 0 Å². The van der Waals surface area contributed by atoms with E-state index in [1.165, 1.54) is 0 Å². The molecule has 0 radical (unpaired) electrons. The first-order chi connectivity index (χ1) is 7.08. The molecule has 2 rings (SSSR count). The first kappa shape index (κ1) is 11.3. The van der Waals surface area contributed by atoms with Gasteiger partial charge in [0.2, 0.25) is 0 Å². The number of hydrogen-bond acceptors (Lipinski definition) is 5. The van der Waals surface area contributed by atoms with Crippen LogP contribution in [0.1, 0.15) is 39.0 Å². The molecule has 2 saturated heterocycles. The average Bonchev–Trinajstić information content (AvgIpc) is 2.14. The summed E-state index contributed by atoms with van der Waals surface area (Å²) in [6, 6.07) is 0. The van der Waals surface area contributed by atoms with Crippen LogP contribution in [0.4, 0.5) is 0 Å². The molecular weight excluding hydrogens is 218 g/mol. The molecule has 15 heavy (non-hydrogen) atoms. The van der Waals surface area contributed by atoms with E-state index in [2.05, 4.69) is 6.92 Å². The smallest absolute Gasteiger partial charge is 0.250 e. The fraction of sp³-hybridized carbons (Fsp3) is 1.00. The maximum Gasteiger partial charge on any atom is 0.407 e. The van der Waals surface area contributed by atoms with Crippen molar-refractivity contribution in [1.29, 1.82) is 0 Å². The third kappa shape index (κ3) is 2.18. The summed E-state index contributed by atoms with van der Waals surface area (Å²) in [6.45, 7) is 3.80. The van der Waals surface area contributed by atoms with Gasteiger partial charge in [-0.25, -0.2) is 0 Å². The zero-order chi connectivity index (χ0) is 10.9. The highest BCUT2D eigenvalue weighted by Crippen LogP contribution is 2.41. The molecular formula is C9H17NO4S. The average molecular weight is 235 g/mol. The van der Waals surface area contributed by atoms with Gasteiger partial charge in [0.25, 0.3) is 5.91 Å². The van der Waals surface area contributed by atoms with E-state index < -0.39 is 16.3 Å². The van der Waals surface area contributed by atoms with Crippen molar-refractivity contribution in [3.8, 4) is 0 Å². The molecule has 5 nitrogen and oxygen atoms in total. The van der Waals surface area contributed by atoms with Crippen molar-refractivity contribution in [3.05, 3.63) is 0 Å². The van der Waals surface area contributed by atoms with Crippen LogP contribution in [0.5, 0.6) is 0 Å². The van der Waals surface area contributed by atoms with Crippen molar-refractivity contribution in [2.45, 2.75) is 44.9 Å². The van der Waals surface area contributed by atoms with Crippen LogP contribution in [0.3, 0.4) is 0 Å². The molecule has 88 valence electrons. The van der Waals surface area contributed by atoms with Crippen LogP contribution >= 0.6 is 0 Å². The van der Waals surface area contributed by atoms with E-state index in [1.54, 1.807) is 0 Å². The molecule has 0 aromatic carbocycles. The van der Waals surface area contributed by atoms with Crippen LogP contribution in [0, 0.1) is 0 Å². The van der Waals surface area contributed by atoms with Gasteiger partial charge in [0.1, 0.15) is 0 Å². The molecule has 6 heteroatoms. The van der Waals surface area contributed by atoms with Crippen LogP contribution in [-0.4, -0.2) is 32.3 Å². The molecule has 0 aromatic rings. The van der Waals surface area contributed by atoms with Crippen molar-refractivity contribution < 1.29 is 16.8 Å². The number of unbranched alkanes of at least 4 members (excludes halogenated alkanes) is 1. The lowest BCUT2D eigenvalue weighted by Crippen LogP contribution is -2.64. The van der Waals surface area contributed by atoms with Crippen LogP contribution in [0.25, 0.3) is 0 Å². The monoisotopic (exact) mass is 235 g/mol. The van der Waals surface area contributed by atoms with Gasteiger partial charge in [-0.3, -0.25) is 4.90 Å². The van der Waals surface area contributed by atoms with Crippen LogP contribution < -0.4 is 0 Å². The summed E-state index contributed by atoms with van der Waals surface area (Å²) >= 11 is 0. The first-order valence-corrected chi connectivity index (χ1v) is 6.82. The van der Waals surface area contributed by atoms with Gasteiger partial charge in [0.15, 0.2) is 0 Å². The highest BCUT2D eigenvalue weighted by molar-refractivity contribution is 7.82. The Morgan fingerprint density at radius 3 is 2.67 bits per heavy atom. The van der Waals surface area contributed by atoms with Crippen LogP contribution in [0.15, 0.2) is 0 Å². The Kier molecular flexibility index (Phi) is 3.03. The molecule has 0 aliphatic carbocycles. The Morgan fingerprint density at radius 2 is 2.07 bits per heavy atom. The van der Waals surface area contributed by atoms with Crippen molar-refractivity contribution >= 4 is 10.4 Å². The summed E-state index contributed by atoms with van der Waals surface area (Å²) < 4.78 is 31.7. The maximum atomic E-state index is 10.9. The molecule has 0 saturated carbocycles.